The molecule has 0 unspecified atom stereocenters. The molecule has 0 aliphatic carbocycles. The lowest BCUT2D eigenvalue weighted by molar-refractivity contribution is -0.136. The van der Waals surface area contributed by atoms with Gasteiger partial charge in [-0.05, 0) is 25.5 Å². The molecule has 0 spiro atoms. The Morgan fingerprint density at radius 2 is 2.23 bits per heavy atom. The lowest BCUT2D eigenvalue weighted by atomic mass is 10.1. The zero-order chi connectivity index (χ0) is 15.7. The zero-order valence-electron chi connectivity index (χ0n) is 11.8. The summed E-state index contributed by atoms with van der Waals surface area (Å²) in [4.78, 5) is 35.7. The molecule has 3 aromatic heterocycles. The van der Waals surface area contributed by atoms with Crippen molar-refractivity contribution in [1.82, 2.24) is 24.6 Å². The molecule has 0 amide bonds. The van der Waals surface area contributed by atoms with Gasteiger partial charge in [0.15, 0.2) is 5.82 Å². The van der Waals surface area contributed by atoms with Crippen molar-refractivity contribution in [2.45, 2.75) is 19.8 Å². The van der Waals surface area contributed by atoms with Crippen molar-refractivity contribution in [3.8, 4) is 11.4 Å². The van der Waals surface area contributed by atoms with Gasteiger partial charge in [-0.1, -0.05) is 0 Å². The van der Waals surface area contributed by atoms with Gasteiger partial charge in [0.25, 0.3) is 11.3 Å². The van der Waals surface area contributed by atoms with Crippen LogP contribution in [0.1, 0.15) is 17.7 Å². The fourth-order valence-corrected chi connectivity index (χ4v) is 2.21. The second kappa shape index (κ2) is 5.40. The number of aliphatic carboxylic acids is 1. The van der Waals surface area contributed by atoms with Crippen molar-refractivity contribution in [2.24, 2.45) is 0 Å². The number of carboxylic acids is 1. The number of fused-ring (bicyclic) bond motifs is 1. The normalized spacial score (nSPS) is 11.0. The van der Waals surface area contributed by atoms with E-state index in [1.807, 2.05) is 6.07 Å². The molecule has 0 bridgehead atoms. The summed E-state index contributed by atoms with van der Waals surface area (Å²) in [6, 6.07) is 3.58. The number of nitrogens with one attached hydrogen (secondary N) is 1. The van der Waals surface area contributed by atoms with Crippen LogP contribution in [0.5, 0.6) is 0 Å². The fourth-order valence-electron chi connectivity index (χ4n) is 2.21. The van der Waals surface area contributed by atoms with Crippen LogP contribution in [-0.4, -0.2) is 35.6 Å². The highest BCUT2D eigenvalue weighted by Gasteiger charge is 2.14. The summed E-state index contributed by atoms with van der Waals surface area (Å²) in [6.45, 7) is 1.68. The van der Waals surface area contributed by atoms with Crippen molar-refractivity contribution in [3.63, 3.8) is 0 Å². The van der Waals surface area contributed by atoms with Gasteiger partial charge in [0.1, 0.15) is 0 Å². The number of hydrogen-bond donors (Lipinski definition) is 2. The summed E-state index contributed by atoms with van der Waals surface area (Å²) in [5.41, 5.74) is 1.28. The molecule has 0 fully saturated rings. The van der Waals surface area contributed by atoms with E-state index in [4.69, 9.17) is 5.11 Å². The van der Waals surface area contributed by atoms with E-state index in [0.29, 0.717) is 17.1 Å². The first-order chi connectivity index (χ1) is 10.6. The molecule has 112 valence electrons. The van der Waals surface area contributed by atoms with E-state index in [1.165, 1.54) is 4.52 Å². The number of rotatable bonds is 4. The predicted molar refractivity (Wildman–Crippen MR) is 77.5 cm³/mol. The molecule has 0 aliphatic heterocycles. The standard InChI is InChI=1S/C14H13N5O3/c1-8-10(4-5-11(20)21)13(22)19-14(16-8)17-12(18-19)9-3-2-6-15-7-9/h2-3,6-7H,4-5H2,1H3,(H,20,21)(H,16,17,18). The summed E-state index contributed by atoms with van der Waals surface area (Å²) in [7, 11) is 0. The number of aromatic nitrogens is 5. The summed E-state index contributed by atoms with van der Waals surface area (Å²) in [5, 5.41) is 11.6. The van der Waals surface area contributed by atoms with Crippen LogP contribution < -0.4 is 5.56 Å². The summed E-state index contributed by atoms with van der Waals surface area (Å²) in [5.74, 6) is -0.225. The Balaban J connectivity index is 2.11. The Hall–Kier alpha value is -3.03. The molecular weight excluding hydrogens is 286 g/mol. The van der Waals surface area contributed by atoms with Crippen LogP contribution in [0, 0.1) is 6.92 Å². The molecule has 3 aromatic rings. The highest BCUT2D eigenvalue weighted by molar-refractivity contribution is 5.67. The molecule has 0 aromatic carbocycles. The Labute approximate surface area is 124 Å². The quantitative estimate of drug-likeness (QED) is 0.737. The summed E-state index contributed by atoms with van der Waals surface area (Å²) in [6.07, 6.45) is 3.29. The minimum atomic E-state index is -0.954. The number of carboxylic acid groups (broad SMARTS) is 1. The topological polar surface area (TPSA) is 113 Å². The highest BCUT2D eigenvalue weighted by Crippen LogP contribution is 2.13. The van der Waals surface area contributed by atoms with Crippen molar-refractivity contribution < 1.29 is 9.90 Å². The molecule has 0 saturated carbocycles. The van der Waals surface area contributed by atoms with Crippen LogP contribution in [0.25, 0.3) is 17.2 Å². The first kappa shape index (κ1) is 13.9. The predicted octanol–water partition coefficient (Wildman–Crippen LogP) is 0.805. The molecule has 2 N–H and O–H groups in total. The molecule has 8 heteroatoms. The Kier molecular flexibility index (Phi) is 3.42. The lowest BCUT2D eigenvalue weighted by Crippen LogP contribution is -2.22. The number of H-pyrrole nitrogens is 1. The largest absolute Gasteiger partial charge is 0.481 e. The third kappa shape index (κ3) is 2.46. The third-order valence-corrected chi connectivity index (χ3v) is 3.32. The molecule has 0 saturated heterocycles. The summed E-state index contributed by atoms with van der Waals surface area (Å²) < 4.78 is 1.23. The highest BCUT2D eigenvalue weighted by atomic mass is 16.4. The van der Waals surface area contributed by atoms with Crippen LogP contribution in [0.4, 0.5) is 0 Å². The van der Waals surface area contributed by atoms with Gasteiger partial charge in [0.05, 0.1) is 5.69 Å². The van der Waals surface area contributed by atoms with E-state index in [9.17, 15) is 9.59 Å². The van der Waals surface area contributed by atoms with Crippen LogP contribution in [-0.2, 0) is 11.2 Å². The maximum Gasteiger partial charge on any atom is 0.303 e. The Morgan fingerprint density at radius 3 is 2.91 bits per heavy atom. The van der Waals surface area contributed by atoms with Gasteiger partial charge >= 0.3 is 5.97 Å². The zero-order valence-corrected chi connectivity index (χ0v) is 11.8. The van der Waals surface area contributed by atoms with E-state index in [2.05, 4.69) is 20.1 Å². The molecular formula is C14H13N5O3. The van der Waals surface area contributed by atoms with Gasteiger partial charge in [-0.15, -0.1) is 0 Å². The van der Waals surface area contributed by atoms with Gasteiger partial charge in [0, 0.05) is 29.9 Å². The number of nitrogens with zero attached hydrogens (tertiary/aromatic N) is 4. The average molecular weight is 299 g/mol. The molecule has 8 nitrogen and oxygen atoms in total. The van der Waals surface area contributed by atoms with Crippen LogP contribution >= 0.6 is 0 Å². The first-order valence-electron chi connectivity index (χ1n) is 6.66. The number of hydrogen-bond acceptors (Lipinski definition) is 5. The number of aryl methyl sites for hydroxylation is 1. The average Bonchev–Trinajstić information content (AvgIpc) is 2.92. The van der Waals surface area contributed by atoms with Crippen molar-refractivity contribution in [3.05, 3.63) is 46.1 Å². The third-order valence-electron chi connectivity index (χ3n) is 3.32. The van der Waals surface area contributed by atoms with Gasteiger partial charge in [-0.3, -0.25) is 19.7 Å². The van der Waals surface area contributed by atoms with E-state index in [-0.39, 0.29) is 24.2 Å². The van der Waals surface area contributed by atoms with E-state index >= 15 is 0 Å². The second-order valence-electron chi connectivity index (χ2n) is 4.82. The lowest BCUT2D eigenvalue weighted by Gasteiger charge is -2.02. The second-order valence-corrected chi connectivity index (χ2v) is 4.82. The Bertz CT molecular complexity index is 898. The van der Waals surface area contributed by atoms with Gasteiger partial charge < -0.3 is 5.11 Å². The van der Waals surface area contributed by atoms with E-state index in [1.54, 1.807) is 25.4 Å². The molecule has 0 aliphatic rings. The van der Waals surface area contributed by atoms with Gasteiger partial charge in [-0.25, -0.2) is 4.98 Å². The van der Waals surface area contributed by atoms with Crippen molar-refractivity contribution in [2.75, 3.05) is 0 Å². The number of carbonyl (C=O) groups is 1. The minimum Gasteiger partial charge on any atom is -0.481 e. The monoisotopic (exact) mass is 299 g/mol. The first-order valence-corrected chi connectivity index (χ1v) is 6.66. The maximum absolute atomic E-state index is 12.4. The number of aromatic amines is 1. The molecule has 0 atom stereocenters. The van der Waals surface area contributed by atoms with E-state index < -0.39 is 5.97 Å². The molecule has 0 radical (unpaired) electrons. The SMILES string of the molecule is Cc1nc2nc(-c3cccnc3)[nH]n2c(=O)c1CCC(=O)O. The summed E-state index contributed by atoms with van der Waals surface area (Å²) >= 11 is 0. The maximum atomic E-state index is 12.4. The molecule has 3 heterocycles. The number of pyridine rings is 1. The van der Waals surface area contributed by atoms with Gasteiger partial charge in [0.2, 0.25) is 0 Å². The Morgan fingerprint density at radius 1 is 1.41 bits per heavy atom. The van der Waals surface area contributed by atoms with Gasteiger partial charge in [-0.2, -0.15) is 9.50 Å². The molecule has 22 heavy (non-hydrogen) atoms. The molecule has 3 rings (SSSR count). The van der Waals surface area contributed by atoms with Crippen LogP contribution in [0.3, 0.4) is 0 Å². The van der Waals surface area contributed by atoms with Crippen molar-refractivity contribution in [1.29, 1.82) is 0 Å². The fraction of sp³-hybridized carbons (Fsp3) is 0.214. The minimum absolute atomic E-state index is 0.118. The van der Waals surface area contributed by atoms with E-state index in [0.717, 1.165) is 5.56 Å². The van der Waals surface area contributed by atoms with Crippen LogP contribution in [0.15, 0.2) is 29.3 Å². The smallest absolute Gasteiger partial charge is 0.303 e. The van der Waals surface area contributed by atoms with Crippen LogP contribution in [0.2, 0.25) is 0 Å². The van der Waals surface area contributed by atoms with Crippen molar-refractivity contribution >= 4 is 11.7 Å².